The molecule has 3 aromatic carbocycles. The van der Waals surface area contributed by atoms with Gasteiger partial charge in [0.15, 0.2) is 0 Å². The molecule has 3 aromatic rings. The second-order valence-electron chi connectivity index (χ2n) is 6.98. The van der Waals surface area contributed by atoms with Gasteiger partial charge in [0.25, 0.3) is 15.9 Å². The van der Waals surface area contributed by atoms with E-state index in [4.69, 9.17) is 0 Å². The Labute approximate surface area is 157 Å². The summed E-state index contributed by atoms with van der Waals surface area (Å²) >= 11 is 0. The highest BCUT2D eigenvalue weighted by Gasteiger charge is 2.42. The van der Waals surface area contributed by atoms with Crippen LogP contribution in [0.4, 0.5) is 11.4 Å². The predicted octanol–water partition coefficient (Wildman–Crippen LogP) is 3.33. The molecule has 0 aliphatic carbocycles. The lowest BCUT2D eigenvalue weighted by molar-refractivity contribution is -0.119. The molecule has 5 nitrogen and oxygen atoms in total. The average molecular weight is 378 g/mol. The van der Waals surface area contributed by atoms with Gasteiger partial charge < -0.3 is 4.90 Å². The van der Waals surface area contributed by atoms with Crippen molar-refractivity contribution in [1.82, 2.24) is 0 Å². The monoisotopic (exact) mass is 378 g/mol. The molecule has 2 aliphatic heterocycles. The standard InChI is InChI=1S/C21H18N2O3S/c1-14(21(24)22-13-12-15-6-2-3-9-17(15)22)23-18-10-4-7-16-8-5-11-19(20(16)18)27(23,25)26/h2-11,14H,12-13H2,1H3/t14-/m0/s1. The molecule has 0 spiro atoms. The van der Waals surface area contributed by atoms with Crippen LogP contribution in [0.1, 0.15) is 12.5 Å². The van der Waals surface area contributed by atoms with Gasteiger partial charge in [-0.3, -0.25) is 9.10 Å². The number of sulfonamides is 1. The summed E-state index contributed by atoms with van der Waals surface area (Å²) in [4.78, 5) is 15.3. The number of para-hydroxylation sites is 1. The van der Waals surface area contributed by atoms with E-state index in [9.17, 15) is 13.2 Å². The number of carbonyl (C=O) groups is 1. The SMILES string of the molecule is C[C@@H](C(=O)N1CCc2ccccc21)N1c2cccc3cccc(c23)S1(=O)=O. The first-order valence-electron chi connectivity index (χ1n) is 8.95. The fraction of sp³-hybridized carbons (Fsp3) is 0.190. The molecule has 0 saturated heterocycles. The van der Waals surface area contributed by atoms with Gasteiger partial charge >= 0.3 is 0 Å². The van der Waals surface area contributed by atoms with E-state index in [1.807, 2.05) is 42.5 Å². The molecule has 6 heteroatoms. The molecular weight excluding hydrogens is 360 g/mol. The molecular formula is C21H18N2O3S. The predicted molar refractivity (Wildman–Crippen MR) is 106 cm³/mol. The highest BCUT2D eigenvalue weighted by molar-refractivity contribution is 7.93. The maximum absolute atomic E-state index is 13.3. The van der Waals surface area contributed by atoms with Gasteiger partial charge in [0.2, 0.25) is 0 Å². The third-order valence-corrected chi connectivity index (χ3v) is 7.41. The van der Waals surface area contributed by atoms with Crippen LogP contribution in [0.15, 0.2) is 65.6 Å². The lowest BCUT2D eigenvalue weighted by Crippen LogP contribution is -2.48. The third-order valence-electron chi connectivity index (χ3n) is 5.48. The first-order chi connectivity index (χ1) is 13.0. The summed E-state index contributed by atoms with van der Waals surface area (Å²) in [6, 6.07) is 17.7. The first kappa shape index (κ1) is 16.3. The number of anilines is 2. The molecule has 136 valence electrons. The fourth-order valence-corrected chi connectivity index (χ4v) is 6.09. The van der Waals surface area contributed by atoms with Crippen molar-refractivity contribution in [2.75, 3.05) is 15.7 Å². The van der Waals surface area contributed by atoms with Crippen molar-refractivity contribution in [2.45, 2.75) is 24.3 Å². The molecule has 27 heavy (non-hydrogen) atoms. The number of carbonyl (C=O) groups excluding carboxylic acids is 1. The zero-order valence-corrected chi connectivity index (χ0v) is 15.6. The molecule has 1 amide bonds. The number of amides is 1. The molecule has 2 heterocycles. The summed E-state index contributed by atoms with van der Waals surface area (Å²) in [5.41, 5.74) is 2.57. The van der Waals surface area contributed by atoms with Gasteiger partial charge in [-0.25, -0.2) is 8.42 Å². The van der Waals surface area contributed by atoms with Crippen molar-refractivity contribution in [3.8, 4) is 0 Å². The smallest absolute Gasteiger partial charge is 0.265 e. The van der Waals surface area contributed by atoms with Crippen LogP contribution in [0.5, 0.6) is 0 Å². The Kier molecular flexibility index (Phi) is 3.37. The van der Waals surface area contributed by atoms with Gasteiger partial charge in [0.05, 0.1) is 10.6 Å². The zero-order valence-electron chi connectivity index (χ0n) is 14.8. The van der Waals surface area contributed by atoms with Gasteiger partial charge in [-0.05, 0) is 42.5 Å². The summed E-state index contributed by atoms with van der Waals surface area (Å²) < 4.78 is 27.7. The Morgan fingerprint density at radius 2 is 1.67 bits per heavy atom. The third kappa shape index (κ3) is 2.16. The minimum atomic E-state index is -3.76. The van der Waals surface area contributed by atoms with Crippen molar-refractivity contribution in [2.24, 2.45) is 0 Å². The van der Waals surface area contributed by atoms with E-state index in [0.717, 1.165) is 23.1 Å². The fourth-order valence-electron chi connectivity index (χ4n) is 4.23. The quantitative estimate of drug-likeness (QED) is 0.687. The zero-order chi connectivity index (χ0) is 18.8. The van der Waals surface area contributed by atoms with Crippen molar-refractivity contribution in [1.29, 1.82) is 0 Å². The van der Waals surface area contributed by atoms with Crippen LogP contribution in [0.3, 0.4) is 0 Å². The Balaban J connectivity index is 1.60. The maximum Gasteiger partial charge on any atom is 0.265 e. The number of fused-ring (bicyclic) bond motifs is 1. The minimum Gasteiger partial charge on any atom is -0.310 e. The van der Waals surface area contributed by atoms with Crippen LogP contribution >= 0.6 is 0 Å². The molecule has 0 N–H and O–H groups in total. The summed E-state index contributed by atoms with van der Waals surface area (Å²) in [6.07, 6.45) is 0.789. The van der Waals surface area contributed by atoms with Gasteiger partial charge in [-0.1, -0.05) is 42.5 Å². The molecule has 0 aromatic heterocycles. The van der Waals surface area contributed by atoms with Crippen LogP contribution in [-0.4, -0.2) is 26.9 Å². The molecule has 1 atom stereocenters. The lowest BCUT2D eigenvalue weighted by Gasteiger charge is -2.29. The molecule has 0 saturated carbocycles. The summed E-state index contributed by atoms with van der Waals surface area (Å²) in [7, 11) is -3.76. The van der Waals surface area contributed by atoms with E-state index in [1.54, 1.807) is 30.0 Å². The van der Waals surface area contributed by atoms with Gasteiger partial charge in [-0.2, -0.15) is 0 Å². The van der Waals surface area contributed by atoms with Gasteiger partial charge in [0, 0.05) is 17.6 Å². The first-order valence-corrected chi connectivity index (χ1v) is 10.4. The Morgan fingerprint density at radius 3 is 2.48 bits per heavy atom. The minimum absolute atomic E-state index is 0.201. The van der Waals surface area contributed by atoms with Crippen LogP contribution < -0.4 is 9.21 Å². The molecule has 0 unspecified atom stereocenters. The van der Waals surface area contributed by atoms with E-state index in [2.05, 4.69) is 0 Å². The normalized spacial score (nSPS) is 18.0. The lowest BCUT2D eigenvalue weighted by atomic mass is 10.1. The number of benzene rings is 3. The number of nitrogens with zero attached hydrogens (tertiary/aromatic N) is 2. The highest BCUT2D eigenvalue weighted by Crippen LogP contribution is 2.43. The van der Waals surface area contributed by atoms with Gasteiger partial charge in [0.1, 0.15) is 6.04 Å². The maximum atomic E-state index is 13.3. The Morgan fingerprint density at radius 1 is 0.963 bits per heavy atom. The molecule has 0 fully saturated rings. The van der Waals surface area contributed by atoms with Crippen LogP contribution in [0, 0.1) is 0 Å². The number of hydrogen-bond donors (Lipinski definition) is 0. The van der Waals surface area contributed by atoms with Crippen LogP contribution in [0.25, 0.3) is 10.8 Å². The molecule has 0 radical (unpaired) electrons. The Bertz CT molecular complexity index is 1200. The van der Waals surface area contributed by atoms with Crippen molar-refractivity contribution in [3.05, 3.63) is 66.2 Å². The van der Waals surface area contributed by atoms with Crippen molar-refractivity contribution < 1.29 is 13.2 Å². The van der Waals surface area contributed by atoms with E-state index < -0.39 is 16.1 Å². The summed E-state index contributed by atoms with van der Waals surface area (Å²) in [5.74, 6) is -0.201. The largest absolute Gasteiger partial charge is 0.310 e. The van der Waals surface area contributed by atoms with E-state index in [0.29, 0.717) is 17.6 Å². The van der Waals surface area contributed by atoms with Crippen LogP contribution in [-0.2, 0) is 21.2 Å². The highest BCUT2D eigenvalue weighted by atomic mass is 32.2. The van der Waals surface area contributed by atoms with Gasteiger partial charge in [-0.15, -0.1) is 0 Å². The molecule has 0 bridgehead atoms. The summed E-state index contributed by atoms with van der Waals surface area (Å²) in [5, 5.41) is 1.56. The van der Waals surface area contributed by atoms with Crippen LogP contribution in [0.2, 0.25) is 0 Å². The average Bonchev–Trinajstić information content (AvgIpc) is 3.20. The number of hydrogen-bond acceptors (Lipinski definition) is 3. The topological polar surface area (TPSA) is 57.7 Å². The van der Waals surface area contributed by atoms with E-state index in [1.165, 1.54) is 4.31 Å². The van der Waals surface area contributed by atoms with E-state index in [-0.39, 0.29) is 10.8 Å². The van der Waals surface area contributed by atoms with E-state index >= 15 is 0 Å². The molecule has 2 aliphatic rings. The molecule has 5 rings (SSSR count). The summed E-state index contributed by atoms with van der Waals surface area (Å²) in [6.45, 7) is 2.25. The second kappa shape index (κ2) is 5.57. The van der Waals surface area contributed by atoms with Crippen molar-refractivity contribution >= 4 is 38.1 Å². The van der Waals surface area contributed by atoms with Crippen molar-refractivity contribution in [3.63, 3.8) is 0 Å². The number of rotatable bonds is 2. The Hall–Kier alpha value is -2.86. The second-order valence-corrected chi connectivity index (χ2v) is 8.76.